The molecule has 3 N–H and O–H groups in total. The Labute approximate surface area is 125 Å². The van der Waals surface area contributed by atoms with Crippen LogP contribution in [0.25, 0.3) is 0 Å². The van der Waals surface area contributed by atoms with Crippen molar-refractivity contribution in [3.05, 3.63) is 33.4 Å². The fourth-order valence-corrected chi connectivity index (χ4v) is 1.82. The van der Waals surface area contributed by atoms with Crippen LogP contribution >= 0.6 is 34.8 Å². The smallest absolute Gasteiger partial charge is 0.269 e. The first kappa shape index (κ1) is 15.1. The van der Waals surface area contributed by atoms with Gasteiger partial charge in [0.05, 0.1) is 6.61 Å². The van der Waals surface area contributed by atoms with Gasteiger partial charge in [-0.1, -0.05) is 6.07 Å². The Kier molecular flexibility index (Phi) is 6.91. The van der Waals surface area contributed by atoms with Crippen LogP contribution in [0.15, 0.2) is 24.3 Å². The van der Waals surface area contributed by atoms with E-state index in [0.29, 0.717) is 23.8 Å². The number of benzene rings is 1. The summed E-state index contributed by atoms with van der Waals surface area (Å²) < 4.78 is 5.86. The van der Waals surface area contributed by atoms with Crippen molar-refractivity contribution in [3.8, 4) is 0 Å². The zero-order valence-corrected chi connectivity index (χ0v) is 12.8. The van der Waals surface area contributed by atoms with Gasteiger partial charge in [0, 0.05) is 22.8 Å². The molecular formula is C11H14IN3O2S. The van der Waals surface area contributed by atoms with Crippen molar-refractivity contribution in [2.75, 3.05) is 20.3 Å². The maximum Gasteiger partial charge on any atom is 0.269 e. The fraction of sp³-hybridized carbons (Fsp3) is 0.273. The molecule has 1 amide bonds. The predicted molar refractivity (Wildman–Crippen MR) is 82.2 cm³/mol. The highest BCUT2D eigenvalue weighted by atomic mass is 127. The lowest BCUT2D eigenvalue weighted by atomic mass is 10.2. The molecule has 0 bridgehead atoms. The number of amides is 1. The third kappa shape index (κ3) is 5.61. The highest BCUT2D eigenvalue weighted by molar-refractivity contribution is 14.1. The van der Waals surface area contributed by atoms with Gasteiger partial charge in [-0.15, -0.1) is 0 Å². The van der Waals surface area contributed by atoms with Crippen LogP contribution in [-0.2, 0) is 4.74 Å². The van der Waals surface area contributed by atoms with Gasteiger partial charge in [0.1, 0.15) is 0 Å². The number of halogens is 1. The molecule has 0 saturated heterocycles. The monoisotopic (exact) mass is 379 g/mol. The number of nitrogens with one attached hydrogen (secondary N) is 3. The maximum atomic E-state index is 11.7. The molecule has 0 atom stereocenters. The normalized spacial score (nSPS) is 9.67. The van der Waals surface area contributed by atoms with E-state index < -0.39 is 0 Å². The van der Waals surface area contributed by atoms with Crippen molar-refractivity contribution in [2.45, 2.75) is 0 Å². The molecule has 0 aliphatic rings. The molecule has 0 heterocycles. The van der Waals surface area contributed by atoms with Crippen LogP contribution < -0.4 is 16.2 Å². The van der Waals surface area contributed by atoms with E-state index in [1.165, 1.54) is 0 Å². The summed E-state index contributed by atoms with van der Waals surface area (Å²) in [6.07, 6.45) is 0. The molecule has 0 saturated carbocycles. The number of carbonyl (C=O) groups excluding carboxylic acids is 1. The molecule has 1 rings (SSSR count). The van der Waals surface area contributed by atoms with Crippen LogP contribution in [0.3, 0.4) is 0 Å². The largest absolute Gasteiger partial charge is 0.383 e. The van der Waals surface area contributed by atoms with E-state index in [-0.39, 0.29) is 5.91 Å². The van der Waals surface area contributed by atoms with Crippen molar-refractivity contribution >= 4 is 45.8 Å². The minimum atomic E-state index is -0.232. The third-order valence-corrected chi connectivity index (χ3v) is 2.89. The van der Waals surface area contributed by atoms with E-state index in [0.717, 1.165) is 3.57 Å². The summed E-state index contributed by atoms with van der Waals surface area (Å²) in [7, 11) is 1.61. The van der Waals surface area contributed by atoms with Crippen LogP contribution in [0.4, 0.5) is 0 Å². The van der Waals surface area contributed by atoms with Crippen molar-refractivity contribution in [1.82, 2.24) is 16.2 Å². The first-order chi connectivity index (χ1) is 8.63. The van der Waals surface area contributed by atoms with E-state index in [1.807, 2.05) is 12.1 Å². The molecule has 1 aromatic rings. The van der Waals surface area contributed by atoms with E-state index >= 15 is 0 Å². The standard InChI is InChI=1S/C11H14IN3O2S/c1-17-6-5-13-11(18)15-14-10(16)8-3-2-4-9(12)7-8/h2-4,7H,5-6H2,1H3,(H,14,16)(H2,13,15,18). The van der Waals surface area contributed by atoms with Gasteiger partial charge >= 0.3 is 0 Å². The van der Waals surface area contributed by atoms with Crippen molar-refractivity contribution < 1.29 is 9.53 Å². The minimum absolute atomic E-state index is 0.232. The van der Waals surface area contributed by atoms with E-state index in [1.54, 1.807) is 19.2 Å². The lowest BCUT2D eigenvalue weighted by Gasteiger charge is -2.11. The first-order valence-corrected chi connectivity index (χ1v) is 6.71. The van der Waals surface area contributed by atoms with Gasteiger partial charge in [-0.3, -0.25) is 15.6 Å². The summed E-state index contributed by atoms with van der Waals surface area (Å²) in [4.78, 5) is 11.7. The molecular weight excluding hydrogens is 365 g/mol. The molecule has 1 aromatic carbocycles. The molecule has 0 unspecified atom stereocenters. The van der Waals surface area contributed by atoms with Crippen molar-refractivity contribution in [3.63, 3.8) is 0 Å². The molecule has 7 heteroatoms. The van der Waals surface area contributed by atoms with E-state index in [9.17, 15) is 4.79 Å². The minimum Gasteiger partial charge on any atom is -0.383 e. The van der Waals surface area contributed by atoms with Gasteiger partial charge in [-0.25, -0.2) is 0 Å². The lowest BCUT2D eigenvalue weighted by Crippen LogP contribution is -2.47. The Morgan fingerprint density at radius 3 is 2.89 bits per heavy atom. The number of hydrogen-bond donors (Lipinski definition) is 3. The maximum absolute atomic E-state index is 11.7. The zero-order valence-electron chi connectivity index (χ0n) is 9.83. The van der Waals surface area contributed by atoms with Crippen molar-refractivity contribution in [1.29, 1.82) is 0 Å². The number of carbonyl (C=O) groups is 1. The highest BCUT2D eigenvalue weighted by Crippen LogP contribution is 2.07. The summed E-state index contributed by atoms with van der Waals surface area (Å²) in [5.74, 6) is -0.232. The van der Waals surface area contributed by atoms with Crippen LogP contribution in [0.1, 0.15) is 10.4 Å². The van der Waals surface area contributed by atoms with Crippen molar-refractivity contribution in [2.24, 2.45) is 0 Å². The van der Waals surface area contributed by atoms with Gasteiger partial charge in [0.25, 0.3) is 5.91 Å². The second-order valence-corrected chi connectivity index (χ2v) is 4.99. The van der Waals surface area contributed by atoms with Crippen LogP contribution in [0.2, 0.25) is 0 Å². The second kappa shape index (κ2) is 8.22. The van der Waals surface area contributed by atoms with Crippen LogP contribution in [0.5, 0.6) is 0 Å². The number of rotatable bonds is 4. The molecule has 0 aliphatic carbocycles. The number of hydrazine groups is 1. The quantitative estimate of drug-likeness (QED) is 0.316. The van der Waals surface area contributed by atoms with Crippen LogP contribution in [0, 0.1) is 3.57 Å². The summed E-state index contributed by atoms with van der Waals surface area (Å²) in [5, 5.41) is 3.23. The summed E-state index contributed by atoms with van der Waals surface area (Å²) in [5.41, 5.74) is 5.72. The molecule has 0 fully saturated rings. The topological polar surface area (TPSA) is 62.4 Å². The Hall–Kier alpha value is -0.930. The van der Waals surface area contributed by atoms with Gasteiger partial charge in [-0.2, -0.15) is 0 Å². The van der Waals surface area contributed by atoms with Gasteiger partial charge in [0.2, 0.25) is 0 Å². The zero-order chi connectivity index (χ0) is 13.4. The Bertz CT molecular complexity index is 429. The summed E-state index contributed by atoms with van der Waals surface area (Å²) in [6, 6.07) is 7.27. The molecule has 0 aliphatic heterocycles. The average Bonchev–Trinajstić information content (AvgIpc) is 2.36. The third-order valence-electron chi connectivity index (χ3n) is 1.97. The molecule has 0 spiro atoms. The van der Waals surface area contributed by atoms with Gasteiger partial charge < -0.3 is 10.1 Å². The lowest BCUT2D eigenvalue weighted by molar-refractivity contribution is 0.0943. The molecule has 0 aromatic heterocycles. The number of ether oxygens (including phenoxy) is 1. The summed E-state index contributed by atoms with van der Waals surface area (Å²) >= 11 is 7.12. The highest BCUT2D eigenvalue weighted by Gasteiger charge is 2.05. The first-order valence-electron chi connectivity index (χ1n) is 5.22. The number of thiocarbonyl (C=S) groups is 1. The molecule has 0 radical (unpaired) electrons. The molecule has 5 nitrogen and oxygen atoms in total. The van der Waals surface area contributed by atoms with Crippen LogP contribution in [-0.4, -0.2) is 31.3 Å². The van der Waals surface area contributed by atoms with E-state index in [2.05, 4.69) is 38.8 Å². The molecule has 98 valence electrons. The second-order valence-electron chi connectivity index (χ2n) is 3.34. The average molecular weight is 379 g/mol. The predicted octanol–water partition coefficient (Wildman–Crippen LogP) is 1.05. The fourth-order valence-electron chi connectivity index (χ4n) is 1.13. The van der Waals surface area contributed by atoms with Gasteiger partial charge in [-0.05, 0) is 53.0 Å². The number of hydrogen-bond acceptors (Lipinski definition) is 3. The number of methoxy groups -OCH3 is 1. The van der Waals surface area contributed by atoms with Gasteiger partial charge in [0.15, 0.2) is 5.11 Å². The van der Waals surface area contributed by atoms with E-state index in [4.69, 9.17) is 17.0 Å². The Balaban J connectivity index is 2.35. The summed E-state index contributed by atoms with van der Waals surface area (Å²) in [6.45, 7) is 1.13. The Morgan fingerprint density at radius 1 is 1.44 bits per heavy atom. The SMILES string of the molecule is COCCNC(=S)NNC(=O)c1cccc(I)c1. The molecule has 18 heavy (non-hydrogen) atoms. The Morgan fingerprint density at radius 2 is 2.22 bits per heavy atom.